The Hall–Kier alpha value is -1.27. The van der Waals surface area contributed by atoms with Crippen molar-refractivity contribution in [1.29, 1.82) is 0 Å². The van der Waals surface area contributed by atoms with Crippen molar-refractivity contribution in [2.45, 2.75) is 5.75 Å². The molecule has 19 heavy (non-hydrogen) atoms. The molecule has 0 spiro atoms. The number of hydrogen-bond donors (Lipinski definition) is 2. The van der Waals surface area contributed by atoms with E-state index in [1.165, 1.54) is 11.0 Å². The van der Waals surface area contributed by atoms with Gasteiger partial charge in [0.05, 0.1) is 6.61 Å². The predicted octanol–water partition coefficient (Wildman–Crippen LogP) is 1.69. The molecule has 0 aliphatic carbocycles. The molecule has 0 heterocycles. The van der Waals surface area contributed by atoms with Gasteiger partial charge in [-0.1, -0.05) is 18.2 Å². The number of halogens is 1. The summed E-state index contributed by atoms with van der Waals surface area (Å²) in [5.41, 5.74) is 0.677. The van der Waals surface area contributed by atoms with Crippen LogP contribution in [-0.4, -0.2) is 48.5 Å². The first-order chi connectivity index (χ1) is 9.15. The third-order valence-electron chi connectivity index (χ3n) is 2.52. The number of nitrogens with one attached hydrogen (secondary N) is 1. The van der Waals surface area contributed by atoms with Gasteiger partial charge in [-0.2, -0.15) is 11.8 Å². The van der Waals surface area contributed by atoms with E-state index in [0.717, 1.165) is 0 Å². The third-order valence-corrected chi connectivity index (χ3v) is 3.53. The topological polar surface area (TPSA) is 52.6 Å². The van der Waals surface area contributed by atoms with Gasteiger partial charge < -0.3 is 15.3 Å². The van der Waals surface area contributed by atoms with Gasteiger partial charge in [0.1, 0.15) is 5.82 Å². The molecule has 0 aliphatic rings. The molecule has 2 N–H and O–H groups in total. The lowest BCUT2D eigenvalue weighted by molar-refractivity contribution is 0.191. The monoisotopic (exact) mass is 286 g/mol. The van der Waals surface area contributed by atoms with Crippen molar-refractivity contribution in [3.05, 3.63) is 35.6 Å². The number of thioether (sulfide) groups is 1. The van der Waals surface area contributed by atoms with Crippen molar-refractivity contribution in [3.8, 4) is 0 Å². The maximum absolute atomic E-state index is 13.3. The lowest BCUT2D eigenvalue weighted by Crippen LogP contribution is -2.39. The second kappa shape index (κ2) is 8.77. The molecule has 0 radical (unpaired) electrons. The molecule has 2 amide bonds. The lowest BCUT2D eigenvalue weighted by Gasteiger charge is -2.16. The smallest absolute Gasteiger partial charge is 0.317 e. The fourth-order valence-corrected chi connectivity index (χ4v) is 2.26. The Balaban J connectivity index is 2.15. The highest BCUT2D eigenvalue weighted by Gasteiger charge is 2.06. The van der Waals surface area contributed by atoms with E-state index >= 15 is 0 Å². The van der Waals surface area contributed by atoms with Gasteiger partial charge in [0.15, 0.2) is 0 Å². The van der Waals surface area contributed by atoms with E-state index in [2.05, 4.69) is 5.32 Å². The van der Waals surface area contributed by atoms with Crippen LogP contribution in [0.4, 0.5) is 9.18 Å². The Labute approximate surface area is 117 Å². The molecule has 0 bridgehead atoms. The molecule has 0 aromatic heterocycles. The van der Waals surface area contributed by atoms with Crippen LogP contribution in [0.3, 0.4) is 0 Å². The Kier molecular flexibility index (Phi) is 7.28. The zero-order valence-corrected chi connectivity index (χ0v) is 11.8. The molecule has 1 rings (SSSR count). The van der Waals surface area contributed by atoms with Crippen molar-refractivity contribution in [2.75, 3.05) is 32.5 Å². The zero-order chi connectivity index (χ0) is 14.1. The largest absolute Gasteiger partial charge is 0.395 e. The van der Waals surface area contributed by atoms with Crippen LogP contribution in [0.15, 0.2) is 24.3 Å². The number of nitrogens with zero attached hydrogens (tertiary/aromatic N) is 1. The average Bonchev–Trinajstić information content (AvgIpc) is 2.40. The molecule has 106 valence electrons. The Morgan fingerprint density at radius 3 is 2.89 bits per heavy atom. The number of aliphatic hydroxyl groups excluding tert-OH is 1. The number of rotatable bonds is 7. The van der Waals surface area contributed by atoms with Crippen molar-refractivity contribution in [2.24, 2.45) is 0 Å². The summed E-state index contributed by atoms with van der Waals surface area (Å²) in [5, 5.41) is 11.4. The summed E-state index contributed by atoms with van der Waals surface area (Å²) >= 11 is 1.56. The van der Waals surface area contributed by atoms with Gasteiger partial charge in [0.25, 0.3) is 0 Å². The number of hydrogen-bond acceptors (Lipinski definition) is 3. The molecule has 0 fully saturated rings. The first-order valence-corrected chi connectivity index (χ1v) is 7.21. The summed E-state index contributed by atoms with van der Waals surface area (Å²) < 4.78 is 13.3. The molecular weight excluding hydrogens is 267 g/mol. The number of benzene rings is 1. The summed E-state index contributed by atoms with van der Waals surface area (Å²) in [4.78, 5) is 12.9. The maximum atomic E-state index is 13.3. The van der Waals surface area contributed by atoms with Crippen LogP contribution >= 0.6 is 11.8 Å². The fraction of sp³-hybridized carbons (Fsp3) is 0.462. The van der Waals surface area contributed by atoms with Crippen LogP contribution in [-0.2, 0) is 5.75 Å². The Morgan fingerprint density at radius 1 is 1.47 bits per heavy atom. The van der Waals surface area contributed by atoms with Crippen LogP contribution in [0.2, 0.25) is 0 Å². The van der Waals surface area contributed by atoms with E-state index in [9.17, 15) is 9.18 Å². The van der Waals surface area contributed by atoms with E-state index < -0.39 is 0 Å². The first kappa shape index (κ1) is 15.8. The maximum Gasteiger partial charge on any atom is 0.317 e. The highest BCUT2D eigenvalue weighted by Crippen LogP contribution is 2.14. The van der Waals surface area contributed by atoms with E-state index in [1.807, 2.05) is 6.07 Å². The van der Waals surface area contributed by atoms with E-state index in [-0.39, 0.29) is 18.5 Å². The van der Waals surface area contributed by atoms with Crippen LogP contribution < -0.4 is 5.32 Å². The second-order valence-electron chi connectivity index (χ2n) is 4.02. The van der Waals surface area contributed by atoms with Gasteiger partial charge in [-0.15, -0.1) is 0 Å². The third kappa shape index (κ3) is 5.94. The number of likely N-dealkylation sites (N-methyl/N-ethyl adjacent to an activating group) is 1. The summed E-state index contributed by atoms with van der Waals surface area (Å²) in [7, 11) is 1.62. The summed E-state index contributed by atoms with van der Waals surface area (Å²) in [5.74, 6) is 1.11. The summed E-state index contributed by atoms with van der Waals surface area (Å²) in [6.45, 7) is 0.786. The van der Waals surface area contributed by atoms with Gasteiger partial charge in [-0.3, -0.25) is 0 Å². The van der Waals surface area contributed by atoms with Crippen LogP contribution in [0.1, 0.15) is 5.56 Å². The summed E-state index contributed by atoms with van der Waals surface area (Å²) in [6.07, 6.45) is 0. The van der Waals surface area contributed by atoms with Crippen LogP contribution in [0, 0.1) is 5.82 Å². The number of carbonyl (C=O) groups excluding carboxylic acids is 1. The molecule has 0 aliphatic heterocycles. The van der Waals surface area contributed by atoms with E-state index in [1.54, 1.807) is 30.9 Å². The average molecular weight is 286 g/mol. The molecule has 4 nitrogen and oxygen atoms in total. The quantitative estimate of drug-likeness (QED) is 0.750. The molecule has 1 aromatic carbocycles. The van der Waals surface area contributed by atoms with Gasteiger partial charge >= 0.3 is 6.03 Å². The fourth-order valence-electron chi connectivity index (χ4n) is 1.41. The molecule has 1 aromatic rings. The van der Waals surface area contributed by atoms with Crippen LogP contribution in [0.25, 0.3) is 0 Å². The number of urea groups is 1. The first-order valence-electron chi connectivity index (χ1n) is 6.06. The van der Waals surface area contributed by atoms with Crippen molar-refractivity contribution in [1.82, 2.24) is 10.2 Å². The minimum atomic E-state index is -0.208. The lowest BCUT2D eigenvalue weighted by atomic mass is 10.2. The molecule has 0 atom stereocenters. The minimum Gasteiger partial charge on any atom is -0.395 e. The Morgan fingerprint density at radius 2 is 2.21 bits per heavy atom. The number of carbonyl (C=O) groups is 1. The molecular formula is C13H19FN2O2S. The molecule has 6 heteroatoms. The van der Waals surface area contributed by atoms with Gasteiger partial charge in [-0.05, 0) is 11.6 Å². The van der Waals surface area contributed by atoms with Crippen molar-refractivity contribution < 1.29 is 14.3 Å². The van der Waals surface area contributed by atoms with Crippen LogP contribution in [0.5, 0.6) is 0 Å². The number of aliphatic hydroxyl groups is 1. The second-order valence-corrected chi connectivity index (χ2v) is 5.13. The SMILES string of the molecule is CN(CCO)C(=O)NCCSCc1ccccc1F. The molecule has 0 unspecified atom stereocenters. The van der Waals surface area contributed by atoms with Gasteiger partial charge in [0.2, 0.25) is 0 Å². The van der Waals surface area contributed by atoms with Gasteiger partial charge in [0, 0.05) is 31.6 Å². The molecule has 0 saturated carbocycles. The number of amides is 2. The zero-order valence-electron chi connectivity index (χ0n) is 10.9. The highest BCUT2D eigenvalue weighted by molar-refractivity contribution is 7.98. The van der Waals surface area contributed by atoms with E-state index in [0.29, 0.717) is 30.2 Å². The highest BCUT2D eigenvalue weighted by atomic mass is 32.2. The van der Waals surface area contributed by atoms with Crippen molar-refractivity contribution in [3.63, 3.8) is 0 Å². The Bertz CT molecular complexity index is 404. The normalized spacial score (nSPS) is 10.3. The predicted molar refractivity (Wildman–Crippen MR) is 75.7 cm³/mol. The van der Waals surface area contributed by atoms with Crippen molar-refractivity contribution >= 4 is 17.8 Å². The summed E-state index contributed by atoms with van der Waals surface area (Å²) in [6, 6.07) is 6.48. The molecule has 0 saturated heterocycles. The minimum absolute atomic E-state index is 0.0496. The van der Waals surface area contributed by atoms with Gasteiger partial charge in [-0.25, -0.2) is 9.18 Å². The standard InChI is InChI=1S/C13H19FN2O2S/c1-16(7-8-17)13(18)15-6-9-19-10-11-4-2-3-5-12(11)14/h2-5,17H,6-10H2,1H3,(H,15,18). The van der Waals surface area contributed by atoms with E-state index in [4.69, 9.17) is 5.11 Å².